The number of hydrogen-bond acceptors (Lipinski definition) is 4. The summed E-state index contributed by atoms with van der Waals surface area (Å²) in [4.78, 5) is 14.4. The minimum absolute atomic E-state index is 0.142. The van der Waals surface area contributed by atoms with Crippen molar-refractivity contribution in [3.8, 4) is 6.07 Å². The van der Waals surface area contributed by atoms with Crippen LogP contribution in [-0.4, -0.2) is 25.0 Å². The molecule has 0 bridgehead atoms. The molecule has 1 amide bonds. The van der Waals surface area contributed by atoms with Gasteiger partial charge in [-0.15, -0.1) is 0 Å². The van der Waals surface area contributed by atoms with Gasteiger partial charge in [0.1, 0.15) is 5.54 Å². The molecule has 5 heteroatoms. The molecule has 2 aromatic carbocycles. The predicted molar refractivity (Wildman–Crippen MR) is 104 cm³/mol. The Balaban J connectivity index is 1.67. The van der Waals surface area contributed by atoms with E-state index in [1.807, 2.05) is 61.6 Å². The number of nitrogens with zero attached hydrogens (tertiary/aromatic N) is 2. The highest BCUT2D eigenvalue weighted by atomic mass is 16.2. The molecule has 3 rings (SSSR count). The number of carbonyl (C=O) groups excluding carboxylic acids is 1. The summed E-state index contributed by atoms with van der Waals surface area (Å²) in [6, 6.07) is 20.2. The maximum Gasteiger partial charge on any atom is 0.240 e. The Labute approximate surface area is 154 Å². The maximum absolute atomic E-state index is 12.3. The van der Waals surface area contributed by atoms with E-state index >= 15 is 0 Å². The molecule has 1 saturated carbocycles. The van der Waals surface area contributed by atoms with E-state index < -0.39 is 5.54 Å². The summed E-state index contributed by atoms with van der Waals surface area (Å²) in [5.74, 6) is -0.148. The number of nitrogens with one attached hydrogen (secondary N) is 2. The third-order valence-corrected chi connectivity index (χ3v) is 4.90. The standard InChI is InChI=1S/C21H24N4O/c1-25(17-9-3-2-4-10-17)19-12-6-5-11-18(19)23-15-20(26)24-21(16-22)13-7-8-14-21/h2-6,9-12,23H,7-8,13-15H2,1H3,(H,24,26). The van der Waals surface area contributed by atoms with E-state index in [1.54, 1.807) is 0 Å². The zero-order chi connectivity index (χ0) is 18.4. The molecular weight excluding hydrogens is 324 g/mol. The molecule has 1 aliphatic rings. The fourth-order valence-corrected chi connectivity index (χ4v) is 3.44. The molecule has 0 spiro atoms. The first-order valence-electron chi connectivity index (χ1n) is 8.97. The summed E-state index contributed by atoms with van der Waals surface area (Å²) >= 11 is 0. The van der Waals surface area contributed by atoms with Crippen molar-refractivity contribution in [1.29, 1.82) is 5.26 Å². The maximum atomic E-state index is 12.3. The van der Waals surface area contributed by atoms with Crippen molar-refractivity contribution < 1.29 is 4.79 Å². The molecule has 0 saturated heterocycles. The Morgan fingerprint density at radius 1 is 1.12 bits per heavy atom. The van der Waals surface area contributed by atoms with Crippen LogP contribution in [0.1, 0.15) is 25.7 Å². The van der Waals surface area contributed by atoms with Crippen molar-refractivity contribution in [2.24, 2.45) is 0 Å². The van der Waals surface area contributed by atoms with Crippen LogP contribution in [0, 0.1) is 11.3 Å². The fraction of sp³-hybridized carbons (Fsp3) is 0.333. The van der Waals surface area contributed by atoms with Crippen LogP contribution in [0.2, 0.25) is 0 Å². The minimum atomic E-state index is -0.681. The van der Waals surface area contributed by atoms with Crippen LogP contribution < -0.4 is 15.5 Å². The SMILES string of the molecule is CN(c1ccccc1)c1ccccc1NCC(=O)NC1(C#N)CCCC1. The quantitative estimate of drug-likeness (QED) is 0.833. The van der Waals surface area contributed by atoms with Crippen LogP contribution in [0.5, 0.6) is 0 Å². The lowest BCUT2D eigenvalue weighted by Crippen LogP contribution is -2.47. The molecule has 0 heterocycles. The topological polar surface area (TPSA) is 68.2 Å². The average Bonchev–Trinajstić information content (AvgIpc) is 3.15. The van der Waals surface area contributed by atoms with Gasteiger partial charge in [-0.1, -0.05) is 30.3 Å². The van der Waals surface area contributed by atoms with E-state index in [-0.39, 0.29) is 12.5 Å². The molecule has 1 aliphatic carbocycles. The zero-order valence-corrected chi connectivity index (χ0v) is 15.0. The summed E-state index contributed by atoms with van der Waals surface area (Å²) in [6.07, 6.45) is 3.46. The Morgan fingerprint density at radius 2 is 1.77 bits per heavy atom. The highest BCUT2D eigenvalue weighted by Crippen LogP contribution is 2.31. The van der Waals surface area contributed by atoms with Crippen LogP contribution >= 0.6 is 0 Å². The molecule has 5 nitrogen and oxygen atoms in total. The molecule has 134 valence electrons. The first kappa shape index (κ1) is 17.8. The second-order valence-electron chi connectivity index (χ2n) is 6.71. The third-order valence-electron chi connectivity index (χ3n) is 4.90. The van der Waals surface area contributed by atoms with Gasteiger partial charge in [-0.05, 0) is 49.9 Å². The number of benzene rings is 2. The molecule has 1 fully saturated rings. The summed E-state index contributed by atoms with van der Waals surface area (Å²) in [5.41, 5.74) is 2.26. The van der Waals surface area contributed by atoms with Crippen LogP contribution in [0.3, 0.4) is 0 Å². The number of rotatable bonds is 6. The number of anilines is 3. The smallest absolute Gasteiger partial charge is 0.240 e. The molecular formula is C21H24N4O. The summed E-state index contributed by atoms with van der Waals surface area (Å²) in [6.45, 7) is 0.142. The van der Waals surface area contributed by atoms with E-state index in [9.17, 15) is 10.1 Å². The molecule has 0 atom stereocenters. The lowest BCUT2D eigenvalue weighted by molar-refractivity contribution is -0.120. The van der Waals surface area contributed by atoms with E-state index in [4.69, 9.17) is 0 Å². The highest BCUT2D eigenvalue weighted by Gasteiger charge is 2.35. The van der Waals surface area contributed by atoms with Crippen molar-refractivity contribution in [1.82, 2.24) is 5.32 Å². The van der Waals surface area contributed by atoms with E-state index in [0.29, 0.717) is 0 Å². The first-order chi connectivity index (χ1) is 12.6. The number of para-hydroxylation sites is 3. The molecule has 2 N–H and O–H groups in total. The van der Waals surface area contributed by atoms with Gasteiger partial charge < -0.3 is 15.5 Å². The van der Waals surface area contributed by atoms with Gasteiger partial charge in [-0.3, -0.25) is 4.79 Å². The zero-order valence-electron chi connectivity index (χ0n) is 15.0. The van der Waals surface area contributed by atoms with Crippen molar-refractivity contribution in [2.75, 3.05) is 23.8 Å². The lowest BCUT2D eigenvalue weighted by atomic mass is 10.00. The Hall–Kier alpha value is -3.00. The largest absolute Gasteiger partial charge is 0.374 e. The third kappa shape index (κ3) is 3.97. The fourth-order valence-electron chi connectivity index (χ4n) is 3.44. The van der Waals surface area contributed by atoms with Gasteiger partial charge in [-0.25, -0.2) is 0 Å². The van der Waals surface area contributed by atoms with Gasteiger partial charge in [0.2, 0.25) is 5.91 Å². The van der Waals surface area contributed by atoms with Gasteiger partial charge >= 0.3 is 0 Å². The number of nitriles is 1. The first-order valence-corrected chi connectivity index (χ1v) is 8.97. The molecule has 2 aromatic rings. The summed E-state index contributed by atoms with van der Waals surface area (Å²) < 4.78 is 0. The van der Waals surface area contributed by atoms with E-state index in [0.717, 1.165) is 42.7 Å². The molecule has 0 aromatic heterocycles. The molecule has 0 aliphatic heterocycles. The Bertz CT molecular complexity index is 791. The molecule has 26 heavy (non-hydrogen) atoms. The van der Waals surface area contributed by atoms with Crippen molar-refractivity contribution in [3.05, 3.63) is 54.6 Å². The van der Waals surface area contributed by atoms with Crippen molar-refractivity contribution in [2.45, 2.75) is 31.2 Å². The van der Waals surface area contributed by atoms with E-state index in [1.165, 1.54) is 0 Å². The second kappa shape index (κ2) is 7.92. The van der Waals surface area contributed by atoms with Crippen molar-refractivity contribution in [3.63, 3.8) is 0 Å². The Kier molecular flexibility index (Phi) is 5.43. The van der Waals surface area contributed by atoms with Gasteiger partial charge in [0.15, 0.2) is 0 Å². The van der Waals surface area contributed by atoms with Crippen LogP contribution in [0.15, 0.2) is 54.6 Å². The van der Waals surface area contributed by atoms with Crippen molar-refractivity contribution >= 4 is 23.0 Å². The van der Waals surface area contributed by atoms with E-state index in [2.05, 4.69) is 21.6 Å². The normalized spacial score (nSPS) is 15.1. The predicted octanol–water partition coefficient (Wildman–Crippen LogP) is 3.82. The van der Waals surface area contributed by atoms with Gasteiger partial charge in [0, 0.05) is 12.7 Å². The Morgan fingerprint density at radius 3 is 2.46 bits per heavy atom. The number of amides is 1. The number of carbonyl (C=O) groups is 1. The highest BCUT2D eigenvalue weighted by molar-refractivity contribution is 5.84. The minimum Gasteiger partial charge on any atom is -0.374 e. The number of hydrogen-bond donors (Lipinski definition) is 2. The lowest BCUT2D eigenvalue weighted by Gasteiger charge is -2.24. The average molecular weight is 348 g/mol. The monoisotopic (exact) mass is 348 g/mol. The molecule has 0 unspecified atom stereocenters. The summed E-state index contributed by atoms with van der Waals surface area (Å²) in [7, 11) is 2.00. The van der Waals surface area contributed by atoms with Crippen LogP contribution in [0.25, 0.3) is 0 Å². The van der Waals surface area contributed by atoms with Gasteiger partial charge in [0.05, 0.1) is 24.0 Å². The molecule has 0 radical (unpaired) electrons. The van der Waals surface area contributed by atoms with Gasteiger partial charge in [-0.2, -0.15) is 5.26 Å². The van der Waals surface area contributed by atoms with Crippen LogP contribution in [-0.2, 0) is 4.79 Å². The van der Waals surface area contributed by atoms with Crippen LogP contribution in [0.4, 0.5) is 17.1 Å². The van der Waals surface area contributed by atoms with Gasteiger partial charge in [0.25, 0.3) is 0 Å². The summed E-state index contributed by atoms with van der Waals surface area (Å²) in [5, 5.41) is 15.5. The second-order valence-corrected chi connectivity index (χ2v) is 6.71.